The Hall–Kier alpha value is -0.610. The average molecular weight is 213 g/mol. The lowest BCUT2D eigenvalue weighted by molar-refractivity contribution is -0.147. The van der Waals surface area contributed by atoms with Gasteiger partial charge in [-0.25, -0.2) is 0 Å². The van der Waals surface area contributed by atoms with Crippen molar-refractivity contribution in [2.24, 2.45) is 5.41 Å². The zero-order chi connectivity index (χ0) is 11.1. The first-order valence-corrected chi connectivity index (χ1v) is 5.55. The van der Waals surface area contributed by atoms with E-state index in [-0.39, 0.29) is 0 Å². The summed E-state index contributed by atoms with van der Waals surface area (Å²) in [7, 11) is 1.74. The molecule has 0 amide bonds. The summed E-state index contributed by atoms with van der Waals surface area (Å²) in [5.41, 5.74) is -0.530. The molecule has 0 aromatic rings. The van der Waals surface area contributed by atoms with Crippen LogP contribution in [0.5, 0.6) is 0 Å². The normalized spacial score (nSPS) is 41.5. The third kappa shape index (κ3) is 1.88. The van der Waals surface area contributed by atoms with E-state index in [0.717, 1.165) is 25.8 Å². The van der Waals surface area contributed by atoms with Crippen LogP contribution in [0.4, 0.5) is 0 Å². The molecule has 4 heteroatoms. The van der Waals surface area contributed by atoms with Gasteiger partial charge in [0.25, 0.3) is 0 Å². The van der Waals surface area contributed by atoms with Crippen molar-refractivity contribution in [3.05, 3.63) is 0 Å². The molecule has 1 saturated heterocycles. The number of likely N-dealkylation sites (tertiary alicyclic amines) is 1. The maximum atomic E-state index is 11.1. The molecule has 2 aliphatic rings. The van der Waals surface area contributed by atoms with Crippen LogP contribution in [0.15, 0.2) is 0 Å². The number of hydrogen-bond acceptors (Lipinski definition) is 3. The number of aliphatic carboxylic acids is 1. The average Bonchev–Trinajstić information content (AvgIpc) is 2.48. The molecule has 0 radical (unpaired) electrons. The van der Waals surface area contributed by atoms with Crippen molar-refractivity contribution >= 4 is 5.97 Å². The predicted molar refractivity (Wildman–Crippen MR) is 55.8 cm³/mol. The molecule has 15 heavy (non-hydrogen) atoms. The van der Waals surface area contributed by atoms with Gasteiger partial charge < -0.3 is 9.84 Å². The molecule has 0 spiro atoms. The summed E-state index contributed by atoms with van der Waals surface area (Å²) in [6.07, 6.45) is 3.29. The lowest BCUT2D eigenvalue weighted by Crippen LogP contribution is -2.47. The minimum absolute atomic E-state index is 0.395. The van der Waals surface area contributed by atoms with E-state index in [4.69, 9.17) is 9.84 Å². The van der Waals surface area contributed by atoms with Crippen molar-refractivity contribution in [2.75, 3.05) is 20.2 Å². The van der Waals surface area contributed by atoms with Crippen molar-refractivity contribution in [1.82, 2.24) is 4.90 Å². The van der Waals surface area contributed by atoms with E-state index < -0.39 is 11.4 Å². The lowest BCUT2D eigenvalue weighted by atomic mass is 9.87. The number of methoxy groups -OCH3 is 1. The van der Waals surface area contributed by atoms with Gasteiger partial charge in [0.05, 0.1) is 11.5 Å². The van der Waals surface area contributed by atoms with Crippen molar-refractivity contribution in [2.45, 2.75) is 38.3 Å². The summed E-state index contributed by atoms with van der Waals surface area (Å²) >= 11 is 0. The number of carboxylic acids is 1. The molecule has 0 aromatic carbocycles. The Labute approximate surface area is 90.2 Å². The van der Waals surface area contributed by atoms with Crippen LogP contribution >= 0.6 is 0 Å². The number of nitrogens with zero attached hydrogens (tertiary/aromatic N) is 1. The van der Waals surface area contributed by atoms with Gasteiger partial charge >= 0.3 is 5.97 Å². The minimum Gasteiger partial charge on any atom is -0.481 e. The summed E-state index contributed by atoms with van der Waals surface area (Å²) in [6, 6.07) is 0.552. The van der Waals surface area contributed by atoms with Crippen molar-refractivity contribution < 1.29 is 14.6 Å². The Morgan fingerprint density at radius 1 is 1.53 bits per heavy atom. The lowest BCUT2D eigenvalue weighted by Gasteiger charge is -2.40. The highest BCUT2D eigenvalue weighted by atomic mass is 16.5. The third-order valence-corrected chi connectivity index (χ3v) is 3.94. The number of ether oxygens (including phenoxy) is 1. The fourth-order valence-corrected chi connectivity index (χ4v) is 2.51. The zero-order valence-electron chi connectivity index (χ0n) is 9.40. The van der Waals surface area contributed by atoms with Crippen LogP contribution in [0.2, 0.25) is 0 Å². The molecule has 1 atom stereocenters. The Morgan fingerprint density at radius 2 is 2.20 bits per heavy atom. The third-order valence-electron chi connectivity index (χ3n) is 3.94. The SMILES string of the molecule is COC1CC(N2CCC(C)(C(=O)O)C2)C1. The standard InChI is InChI=1S/C11H19NO3/c1-11(10(13)14)3-4-12(7-11)8-5-9(6-8)15-2/h8-9H,3-7H2,1-2H3,(H,13,14). The molecule has 1 aliphatic carbocycles. The number of carboxylic acid groups (broad SMARTS) is 1. The molecule has 2 rings (SSSR count). The van der Waals surface area contributed by atoms with Crippen LogP contribution in [0.25, 0.3) is 0 Å². The van der Waals surface area contributed by atoms with Crippen molar-refractivity contribution in [3.8, 4) is 0 Å². The first kappa shape index (κ1) is 10.9. The molecule has 1 N–H and O–H groups in total. The molecule has 0 aromatic heterocycles. The van der Waals surface area contributed by atoms with E-state index in [1.54, 1.807) is 7.11 Å². The van der Waals surface area contributed by atoms with E-state index in [0.29, 0.717) is 18.7 Å². The van der Waals surface area contributed by atoms with E-state index in [2.05, 4.69) is 4.90 Å². The van der Waals surface area contributed by atoms with Crippen LogP contribution < -0.4 is 0 Å². The summed E-state index contributed by atoms with van der Waals surface area (Å²) < 4.78 is 5.23. The second kappa shape index (κ2) is 3.76. The smallest absolute Gasteiger partial charge is 0.310 e. The van der Waals surface area contributed by atoms with Gasteiger partial charge in [0, 0.05) is 19.7 Å². The van der Waals surface area contributed by atoms with Gasteiger partial charge in [-0.1, -0.05) is 0 Å². The topological polar surface area (TPSA) is 49.8 Å². The Morgan fingerprint density at radius 3 is 2.67 bits per heavy atom. The van der Waals surface area contributed by atoms with Crippen LogP contribution in [0, 0.1) is 5.41 Å². The van der Waals surface area contributed by atoms with E-state index in [1.807, 2.05) is 6.92 Å². The van der Waals surface area contributed by atoms with Crippen LogP contribution in [0.3, 0.4) is 0 Å². The van der Waals surface area contributed by atoms with Gasteiger partial charge in [-0.05, 0) is 32.7 Å². The predicted octanol–water partition coefficient (Wildman–Crippen LogP) is 0.960. The number of hydrogen-bond donors (Lipinski definition) is 1. The Bertz CT molecular complexity index is 263. The monoisotopic (exact) mass is 213 g/mol. The quantitative estimate of drug-likeness (QED) is 0.758. The highest BCUT2D eigenvalue weighted by Gasteiger charge is 2.45. The zero-order valence-corrected chi connectivity index (χ0v) is 9.40. The maximum Gasteiger partial charge on any atom is 0.310 e. The highest BCUT2D eigenvalue weighted by Crippen LogP contribution is 2.37. The molecule has 0 bridgehead atoms. The minimum atomic E-state index is -0.660. The molecule has 1 saturated carbocycles. The molecule has 4 nitrogen and oxygen atoms in total. The maximum absolute atomic E-state index is 11.1. The van der Waals surface area contributed by atoms with Gasteiger partial charge in [-0.3, -0.25) is 9.69 Å². The van der Waals surface area contributed by atoms with Crippen molar-refractivity contribution in [1.29, 1.82) is 0 Å². The Kier molecular flexibility index (Phi) is 2.73. The molecule has 86 valence electrons. The van der Waals surface area contributed by atoms with E-state index in [9.17, 15) is 4.79 Å². The van der Waals surface area contributed by atoms with Gasteiger partial charge in [0.2, 0.25) is 0 Å². The fraction of sp³-hybridized carbons (Fsp3) is 0.909. The van der Waals surface area contributed by atoms with Gasteiger partial charge in [-0.15, -0.1) is 0 Å². The second-order valence-electron chi connectivity index (χ2n) is 5.07. The fourth-order valence-electron chi connectivity index (χ4n) is 2.51. The van der Waals surface area contributed by atoms with E-state index >= 15 is 0 Å². The second-order valence-corrected chi connectivity index (χ2v) is 5.07. The van der Waals surface area contributed by atoms with Crippen LogP contribution in [0.1, 0.15) is 26.2 Å². The molecule has 1 unspecified atom stereocenters. The summed E-state index contributed by atoms with van der Waals surface area (Å²) in [5.74, 6) is -0.660. The number of carbonyl (C=O) groups is 1. The molecule has 2 fully saturated rings. The molecule has 1 aliphatic heterocycles. The number of rotatable bonds is 3. The summed E-state index contributed by atoms with van der Waals surface area (Å²) in [6.45, 7) is 3.47. The summed E-state index contributed by atoms with van der Waals surface area (Å²) in [4.78, 5) is 13.4. The van der Waals surface area contributed by atoms with Gasteiger partial charge in [-0.2, -0.15) is 0 Å². The van der Waals surface area contributed by atoms with E-state index in [1.165, 1.54) is 0 Å². The first-order chi connectivity index (χ1) is 7.05. The highest BCUT2D eigenvalue weighted by molar-refractivity contribution is 5.74. The van der Waals surface area contributed by atoms with Gasteiger partial charge in [0.15, 0.2) is 0 Å². The van der Waals surface area contributed by atoms with Gasteiger partial charge in [0.1, 0.15) is 0 Å². The first-order valence-electron chi connectivity index (χ1n) is 5.55. The molecular weight excluding hydrogens is 194 g/mol. The molecule has 1 heterocycles. The summed E-state index contributed by atoms with van der Waals surface area (Å²) in [5, 5.41) is 9.11. The Balaban J connectivity index is 1.86. The van der Waals surface area contributed by atoms with Crippen LogP contribution in [-0.4, -0.2) is 48.3 Å². The molecular formula is C11H19NO3. The van der Waals surface area contributed by atoms with Crippen LogP contribution in [-0.2, 0) is 9.53 Å². The largest absolute Gasteiger partial charge is 0.481 e. The van der Waals surface area contributed by atoms with Crippen molar-refractivity contribution in [3.63, 3.8) is 0 Å².